The van der Waals surface area contributed by atoms with Crippen LogP contribution in [-0.4, -0.2) is 17.6 Å². The molecule has 0 aliphatic heterocycles. The summed E-state index contributed by atoms with van der Waals surface area (Å²) < 4.78 is 67.0. The van der Waals surface area contributed by atoms with Crippen LogP contribution in [0.25, 0.3) is 0 Å². The van der Waals surface area contributed by atoms with E-state index < -0.39 is 40.5 Å². The van der Waals surface area contributed by atoms with Crippen LogP contribution in [0.1, 0.15) is 35.1 Å². The highest BCUT2D eigenvalue weighted by Crippen LogP contribution is 2.34. The number of carbonyl (C=O) groups excluding carboxylic acids is 1. The van der Waals surface area contributed by atoms with Gasteiger partial charge in [-0.2, -0.15) is 13.2 Å². The van der Waals surface area contributed by atoms with Crippen LogP contribution < -0.4 is 0 Å². The second kappa shape index (κ2) is 5.68. The van der Waals surface area contributed by atoms with Crippen molar-refractivity contribution >= 4 is 17.6 Å². The van der Waals surface area contributed by atoms with Crippen molar-refractivity contribution in [2.45, 2.75) is 19.5 Å². The van der Waals surface area contributed by atoms with Gasteiger partial charge in [-0.1, -0.05) is 11.6 Å². The Hall–Kier alpha value is -1.44. The molecule has 0 atom stereocenters. The third kappa shape index (κ3) is 3.52. The summed E-state index contributed by atoms with van der Waals surface area (Å²) in [6.45, 7) is 1.27. The van der Waals surface area contributed by atoms with Crippen LogP contribution in [0.4, 0.5) is 22.0 Å². The number of ether oxygens (including phenoxy) is 1. The molecular weight excluding hydrogens is 297 g/mol. The number of hydrogen-bond acceptors (Lipinski definition) is 3. The number of alkyl halides is 5. The zero-order valence-corrected chi connectivity index (χ0v) is 10.1. The van der Waals surface area contributed by atoms with Gasteiger partial charge < -0.3 is 4.74 Å². The van der Waals surface area contributed by atoms with E-state index in [-0.39, 0.29) is 6.61 Å². The van der Waals surface area contributed by atoms with Crippen molar-refractivity contribution < 1.29 is 31.5 Å². The Morgan fingerprint density at radius 2 is 2.05 bits per heavy atom. The minimum absolute atomic E-state index is 0.140. The first kappa shape index (κ1) is 15.6. The molecule has 0 aromatic carbocycles. The maximum atomic E-state index is 12.7. The van der Waals surface area contributed by atoms with Gasteiger partial charge in [0.1, 0.15) is 17.0 Å². The molecule has 106 valence electrons. The molecule has 0 bridgehead atoms. The molecule has 9 heteroatoms. The monoisotopic (exact) mass is 303 g/mol. The van der Waals surface area contributed by atoms with Crippen LogP contribution in [0, 0.1) is 0 Å². The van der Waals surface area contributed by atoms with E-state index in [0.29, 0.717) is 6.07 Å². The predicted octanol–water partition coefficient (Wildman–Crippen LogP) is 3.87. The molecule has 0 saturated heterocycles. The SMILES string of the molecule is CCOC(=O)c1c(Cl)cc(C(F)(F)F)nc1C(F)F. The molecule has 0 spiro atoms. The van der Waals surface area contributed by atoms with E-state index in [4.69, 9.17) is 11.6 Å². The van der Waals surface area contributed by atoms with Gasteiger partial charge in [0.05, 0.1) is 11.6 Å². The van der Waals surface area contributed by atoms with Gasteiger partial charge in [-0.25, -0.2) is 18.6 Å². The zero-order valence-electron chi connectivity index (χ0n) is 9.39. The van der Waals surface area contributed by atoms with Crippen molar-refractivity contribution in [2.24, 2.45) is 0 Å². The van der Waals surface area contributed by atoms with Crippen LogP contribution in [0.5, 0.6) is 0 Å². The molecule has 3 nitrogen and oxygen atoms in total. The Balaban J connectivity index is 3.44. The number of pyridine rings is 1. The first-order valence-electron chi connectivity index (χ1n) is 4.91. The number of rotatable bonds is 3. The van der Waals surface area contributed by atoms with E-state index >= 15 is 0 Å². The third-order valence-corrected chi connectivity index (χ3v) is 2.27. The molecule has 19 heavy (non-hydrogen) atoms. The highest BCUT2D eigenvalue weighted by atomic mass is 35.5. The van der Waals surface area contributed by atoms with Crippen LogP contribution >= 0.6 is 11.6 Å². The Morgan fingerprint density at radius 3 is 2.47 bits per heavy atom. The molecule has 0 aliphatic carbocycles. The van der Waals surface area contributed by atoms with E-state index in [1.165, 1.54) is 6.92 Å². The van der Waals surface area contributed by atoms with Gasteiger partial charge in [-0.05, 0) is 13.0 Å². The Kier molecular flexibility index (Phi) is 4.67. The largest absolute Gasteiger partial charge is 0.462 e. The molecule has 1 aromatic rings. The first-order valence-corrected chi connectivity index (χ1v) is 5.29. The Morgan fingerprint density at radius 1 is 1.47 bits per heavy atom. The maximum Gasteiger partial charge on any atom is 0.433 e. The lowest BCUT2D eigenvalue weighted by molar-refractivity contribution is -0.141. The maximum absolute atomic E-state index is 12.7. The number of aromatic nitrogens is 1. The average Bonchev–Trinajstić information content (AvgIpc) is 2.26. The minimum Gasteiger partial charge on any atom is -0.462 e. The van der Waals surface area contributed by atoms with E-state index in [1.54, 1.807) is 0 Å². The number of esters is 1. The van der Waals surface area contributed by atoms with Crippen molar-refractivity contribution in [3.8, 4) is 0 Å². The summed E-state index contributed by atoms with van der Waals surface area (Å²) in [5.74, 6) is -1.25. The van der Waals surface area contributed by atoms with Gasteiger partial charge in [0.25, 0.3) is 6.43 Å². The fourth-order valence-electron chi connectivity index (χ4n) is 1.24. The first-order chi connectivity index (χ1) is 8.68. The van der Waals surface area contributed by atoms with Crippen molar-refractivity contribution in [3.63, 3.8) is 0 Å². The number of hydrogen-bond donors (Lipinski definition) is 0. The summed E-state index contributed by atoms with van der Waals surface area (Å²) in [7, 11) is 0. The fraction of sp³-hybridized carbons (Fsp3) is 0.400. The standard InChI is InChI=1S/C10H7ClF5NO2/c1-2-19-9(18)6-4(11)3-5(10(14,15)16)17-7(6)8(12)13/h3,8H,2H2,1H3. The summed E-state index contributed by atoms with van der Waals surface area (Å²) in [6.07, 6.45) is -8.33. The second-order valence-corrected chi connectivity index (χ2v) is 3.68. The van der Waals surface area contributed by atoms with Crippen molar-refractivity contribution in [2.75, 3.05) is 6.61 Å². The molecule has 1 heterocycles. The van der Waals surface area contributed by atoms with Crippen molar-refractivity contribution in [1.82, 2.24) is 4.98 Å². The molecule has 1 aromatic heterocycles. The van der Waals surface area contributed by atoms with E-state index in [9.17, 15) is 26.7 Å². The minimum atomic E-state index is -4.94. The molecule has 0 saturated carbocycles. The predicted molar refractivity (Wildman–Crippen MR) is 55.2 cm³/mol. The van der Waals surface area contributed by atoms with Gasteiger partial charge in [-0.15, -0.1) is 0 Å². The number of nitrogens with zero attached hydrogens (tertiary/aromatic N) is 1. The van der Waals surface area contributed by atoms with Crippen molar-refractivity contribution in [1.29, 1.82) is 0 Å². The number of carbonyl (C=O) groups is 1. The van der Waals surface area contributed by atoms with Crippen LogP contribution in [0.3, 0.4) is 0 Å². The second-order valence-electron chi connectivity index (χ2n) is 3.27. The normalized spacial score (nSPS) is 11.8. The van der Waals surface area contributed by atoms with Gasteiger partial charge >= 0.3 is 12.1 Å². The lowest BCUT2D eigenvalue weighted by Gasteiger charge is -2.13. The summed E-state index contributed by atoms with van der Waals surface area (Å²) >= 11 is 5.44. The molecule has 0 radical (unpaired) electrons. The molecule has 0 N–H and O–H groups in total. The summed E-state index contributed by atoms with van der Waals surface area (Å²) in [5.41, 5.74) is -3.80. The molecule has 0 amide bonds. The quantitative estimate of drug-likeness (QED) is 0.628. The summed E-state index contributed by atoms with van der Waals surface area (Å²) in [6, 6.07) is 0.305. The van der Waals surface area contributed by atoms with Gasteiger partial charge in [0.2, 0.25) is 0 Å². The molecule has 0 fully saturated rings. The van der Waals surface area contributed by atoms with E-state index in [1.807, 2.05) is 0 Å². The van der Waals surface area contributed by atoms with E-state index in [0.717, 1.165) is 0 Å². The zero-order chi connectivity index (χ0) is 14.8. The fourth-order valence-corrected chi connectivity index (χ4v) is 1.52. The topological polar surface area (TPSA) is 39.2 Å². The van der Waals surface area contributed by atoms with Gasteiger partial charge in [-0.3, -0.25) is 0 Å². The van der Waals surface area contributed by atoms with Crippen LogP contribution in [0.15, 0.2) is 6.07 Å². The van der Waals surface area contributed by atoms with E-state index in [2.05, 4.69) is 9.72 Å². The lowest BCUT2D eigenvalue weighted by atomic mass is 10.1. The average molecular weight is 304 g/mol. The highest BCUT2D eigenvalue weighted by molar-refractivity contribution is 6.33. The van der Waals surface area contributed by atoms with Crippen molar-refractivity contribution in [3.05, 3.63) is 28.0 Å². The van der Waals surface area contributed by atoms with Crippen LogP contribution in [0.2, 0.25) is 5.02 Å². The number of halogens is 6. The third-order valence-electron chi connectivity index (χ3n) is 1.98. The lowest BCUT2D eigenvalue weighted by Crippen LogP contribution is -2.16. The molecular formula is C10H7ClF5NO2. The Labute approximate surface area is 109 Å². The van der Waals surface area contributed by atoms with Crippen LogP contribution in [-0.2, 0) is 10.9 Å². The molecule has 0 unspecified atom stereocenters. The van der Waals surface area contributed by atoms with Gasteiger partial charge in [0, 0.05) is 0 Å². The molecule has 1 rings (SSSR count). The smallest absolute Gasteiger partial charge is 0.433 e. The summed E-state index contributed by atoms with van der Waals surface area (Å²) in [5, 5.41) is -0.781. The highest BCUT2D eigenvalue weighted by Gasteiger charge is 2.36. The summed E-state index contributed by atoms with van der Waals surface area (Å²) in [4.78, 5) is 14.1. The molecule has 0 aliphatic rings. The Bertz CT molecular complexity index is 490. The van der Waals surface area contributed by atoms with Gasteiger partial charge in [0.15, 0.2) is 0 Å².